The molecule has 0 saturated carbocycles. The molecule has 2 atom stereocenters. The van der Waals surface area contributed by atoms with E-state index in [2.05, 4.69) is 19.2 Å². The minimum Gasteiger partial charge on any atom is -0.303 e. The van der Waals surface area contributed by atoms with Crippen molar-refractivity contribution in [2.45, 2.75) is 90.8 Å². The fraction of sp³-hybridized carbons (Fsp3) is 0.875. The van der Waals surface area contributed by atoms with Crippen molar-refractivity contribution in [3.63, 3.8) is 0 Å². The van der Waals surface area contributed by atoms with Gasteiger partial charge in [-0.1, -0.05) is 40.0 Å². The van der Waals surface area contributed by atoms with Crippen LogP contribution in [0.5, 0.6) is 0 Å². The van der Waals surface area contributed by atoms with Crippen molar-refractivity contribution in [3.05, 3.63) is 0 Å². The largest absolute Gasteiger partial charge is 0.303 e. The smallest absolute Gasteiger partial charge is 0.247 e. The lowest BCUT2D eigenvalue weighted by Crippen LogP contribution is -2.45. The molecule has 1 rings (SSSR count). The van der Waals surface area contributed by atoms with Gasteiger partial charge in [0.05, 0.1) is 12.5 Å². The maximum absolute atomic E-state index is 12.4. The van der Waals surface area contributed by atoms with Crippen LogP contribution in [-0.2, 0) is 9.59 Å². The lowest BCUT2D eigenvalue weighted by Gasteiger charge is -2.25. The molecule has 116 valence electrons. The van der Waals surface area contributed by atoms with Crippen molar-refractivity contribution >= 4 is 11.8 Å². The molecule has 1 aliphatic rings. The van der Waals surface area contributed by atoms with Crippen LogP contribution in [0.4, 0.5) is 0 Å². The molecule has 0 aromatic heterocycles. The number of nitrogens with one attached hydrogen (secondary N) is 1. The van der Waals surface area contributed by atoms with E-state index in [1.165, 1.54) is 24.2 Å². The normalized spacial score (nSPS) is 21.1. The van der Waals surface area contributed by atoms with E-state index in [1.807, 2.05) is 13.8 Å². The predicted molar refractivity (Wildman–Crippen MR) is 81.4 cm³/mol. The fourth-order valence-electron chi connectivity index (χ4n) is 2.95. The van der Waals surface area contributed by atoms with E-state index in [-0.39, 0.29) is 23.9 Å². The summed E-state index contributed by atoms with van der Waals surface area (Å²) >= 11 is 0. The first-order valence-corrected chi connectivity index (χ1v) is 8.16. The standard InChI is InChI=1S/C16H30N2O2/c1-5-8-9-10-12(4)17-14-11-15(19)18(16(14)20)13(6-2)7-3/h12-14,17H,5-11H2,1-4H3. The molecule has 1 heterocycles. The summed E-state index contributed by atoms with van der Waals surface area (Å²) in [5.41, 5.74) is 0. The highest BCUT2D eigenvalue weighted by Crippen LogP contribution is 2.21. The molecule has 4 heteroatoms. The van der Waals surface area contributed by atoms with Gasteiger partial charge in [0, 0.05) is 12.1 Å². The maximum atomic E-state index is 12.4. The van der Waals surface area contributed by atoms with Crippen molar-refractivity contribution in [2.24, 2.45) is 0 Å². The monoisotopic (exact) mass is 282 g/mol. The number of rotatable bonds is 9. The number of nitrogens with zero attached hydrogens (tertiary/aromatic N) is 1. The lowest BCUT2D eigenvalue weighted by molar-refractivity contribution is -0.141. The SMILES string of the molecule is CCCCCC(C)NC1CC(=O)N(C(CC)CC)C1=O. The van der Waals surface area contributed by atoms with E-state index in [0.29, 0.717) is 12.5 Å². The van der Waals surface area contributed by atoms with Crippen molar-refractivity contribution in [1.29, 1.82) is 0 Å². The quantitative estimate of drug-likeness (QED) is 0.522. The zero-order valence-electron chi connectivity index (χ0n) is 13.4. The van der Waals surface area contributed by atoms with Gasteiger partial charge in [0.25, 0.3) is 0 Å². The molecule has 0 radical (unpaired) electrons. The first-order chi connectivity index (χ1) is 9.54. The summed E-state index contributed by atoms with van der Waals surface area (Å²) in [4.78, 5) is 25.9. The molecular weight excluding hydrogens is 252 g/mol. The van der Waals surface area contributed by atoms with Gasteiger partial charge in [-0.15, -0.1) is 0 Å². The van der Waals surface area contributed by atoms with Crippen LogP contribution in [-0.4, -0.2) is 34.8 Å². The van der Waals surface area contributed by atoms with E-state index in [9.17, 15) is 9.59 Å². The van der Waals surface area contributed by atoms with Gasteiger partial charge in [0.1, 0.15) is 0 Å². The Labute approximate surface area is 123 Å². The third-order valence-corrected chi connectivity index (χ3v) is 4.22. The van der Waals surface area contributed by atoms with Crippen LogP contribution in [0.15, 0.2) is 0 Å². The van der Waals surface area contributed by atoms with Crippen LogP contribution >= 0.6 is 0 Å². The Kier molecular flexibility index (Phi) is 7.20. The number of carbonyl (C=O) groups excluding carboxylic acids is 2. The average Bonchev–Trinajstić information content (AvgIpc) is 2.68. The summed E-state index contributed by atoms with van der Waals surface area (Å²) in [6.07, 6.45) is 6.68. The second kappa shape index (κ2) is 8.40. The maximum Gasteiger partial charge on any atom is 0.247 e. The number of carbonyl (C=O) groups is 2. The number of hydrogen-bond donors (Lipinski definition) is 1. The Balaban J connectivity index is 2.53. The van der Waals surface area contributed by atoms with Gasteiger partial charge in [-0.2, -0.15) is 0 Å². The van der Waals surface area contributed by atoms with Gasteiger partial charge in [-0.3, -0.25) is 14.5 Å². The zero-order chi connectivity index (χ0) is 15.1. The Morgan fingerprint density at radius 1 is 1.20 bits per heavy atom. The second-order valence-corrected chi connectivity index (χ2v) is 5.89. The van der Waals surface area contributed by atoms with Crippen LogP contribution in [0.1, 0.15) is 72.6 Å². The second-order valence-electron chi connectivity index (χ2n) is 5.89. The summed E-state index contributed by atoms with van der Waals surface area (Å²) in [6, 6.07) is 0.0573. The summed E-state index contributed by atoms with van der Waals surface area (Å²) in [7, 11) is 0. The van der Waals surface area contributed by atoms with Gasteiger partial charge in [0.15, 0.2) is 0 Å². The Hall–Kier alpha value is -0.900. The van der Waals surface area contributed by atoms with E-state index < -0.39 is 0 Å². The molecule has 1 fully saturated rings. The number of imide groups is 1. The number of amides is 2. The fourth-order valence-corrected chi connectivity index (χ4v) is 2.95. The van der Waals surface area contributed by atoms with Crippen molar-refractivity contribution < 1.29 is 9.59 Å². The molecule has 1 aliphatic heterocycles. The van der Waals surface area contributed by atoms with Crippen molar-refractivity contribution in [2.75, 3.05) is 0 Å². The van der Waals surface area contributed by atoms with Crippen LogP contribution in [0.2, 0.25) is 0 Å². The summed E-state index contributed by atoms with van der Waals surface area (Å²) in [6.45, 7) is 8.35. The molecule has 4 nitrogen and oxygen atoms in total. The highest BCUT2D eigenvalue weighted by Gasteiger charge is 2.41. The number of hydrogen-bond acceptors (Lipinski definition) is 3. The molecule has 1 N–H and O–H groups in total. The molecule has 2 unspecified atom stereocenters. The van der Waals surface area contributed by atoms with Gasteiger partial charge in [0.2, 0.25) is 11.8 Å². The Morgan fingerprint density at radius 2 is 1.85 bits per heavy atom. The third-order valence-electron chi connectivity index (χ3n) is 4.22. The minimum absolute atomic E-state index is 0.0121. The molecule has 2 amide bonds. The highest BCUT2D eigenvalue weighted by molar-refractivity contribution is 6.05. The van der Waals surface area contributed by atoms with Gasteiger partial charge in [-0.05, 0) is 26.2 Å². The summed E-state index contributed by atoms with van der Waals surface area (Å²) in [5.74, 6) is -0.0343. The first kappa shape index (κ1) is 17.2. The topological polar surface area (TPSA) is 49.4 Å². The molecule has 0 aliphatic carbocycles. The Morgan fingerprint density at radius 3 is 2.40 bits per heavy atom. The number of unbranched alkanes of at least 4 members (excludes halogenated alkanes) is 2. The molecule has 0 aromatic rings. The van der Waals surface area contributed by atoms with Gasteiger partial charge < -0.3 is 5.32 Å². The number of likely N-dealkylation sites (tertiary alicyclic amines) is 1. The lowest BCUT2D eigenvalue weighted by atomic mass is 10.1. The predicted octanol–water partition coefficient (Wildman–Crippen LogP) is 2.86. The molecule has 0 spiro atoms. The Bertz CT molecular complexity index is 326. The van der Waals surface area contributed by atoms with Crippen LogP contribution in [0.3, 0.4) is 0 Å². The van der Waals surface area contributed by atoms with Crippen LogP contribution < -0.4 is 5.32 Å². The van der Waals surface area contributed by atoms with Crippen molar-refractivity contribution in [1.82, 2.24) is 10.2 Å². The summed E-state index contributed by atoms with van der Waals surface area (Å²) < 4.78 is 0. The van der Waals surface area contributed by atoms with E-state index >= 15 is 0 Å². The van der Waals surface area contributed by atoms with Crippen LogP contribution in [0.25, 0.3) is 0 Å². The highest BCUT2D eigenvalue weighted by atomic mass is 16.2. The summed E-state index contributed by atoms with van der Waals surface area (Å²) in [5, 5.41) is 3.34. The minimum atomic E-state index is -0.306. The van der Waals surface area contributed by atoms with Crippen molar-refractivity contribution in [3.8, 4) is 0 Å². The van der Waals surface area contributed by atoms with E-state index in [1.54, 1.807) is 0 Å². The van der Waals surface area contributed by atoms with Gasteiger partial charge >= 0.3 is 0 Å². The molecular formula is C16H30N2O2. The molecule has 0 bridgehead atoms. The zero-order valence-corrected chi connectivity index (χ0v) is 13.4. The third kappa shape index (κ3) is 4.30. The van der Waals surface area contributed by atoms with Crippen LogP contribution in [0, 0.1) is 0 Å². The molecule has 0 aromatic carbocycles. The molecule has 1 saturated heterocycles. The average molecular weight is 282 g/mol. The van der Waals surface area contributed by atoms with E-state index in [0.717, 1.165) is 19.3 Å². The van der Waals surface area contributed by atoms with E-state index in [4.69, 9.17) is 0 Å². The molecule has 20 heavy (non-hydrogen) atoms. The first-order valence-electron chi connectivity index (χ1n) is 8.16. The van der Waals surface area contributed by atoms with Gasteiger partial charge in [-0.25, -0.2) is 0 Å².